The van der Waals surface area contributed by atoms with E-state index in [9.17, 15) is 0 Å². The lowest BCUT2D eigenvalue weighted by Gasteiger charge is -2.15. The monoisotopic (exact) mass is 257 g/mol. The average Bonchev–Trinajstić information content (AvgIpc) is 2.74. The van der Waals surface area contributed by atoms with Gasteiger partial charge in [0.05, 0.1) is 0 Å². The standard InChI is InChI=1S/C12H23N3OS/c1-4-8-13-11(5-2)7-6-9-17-12-15-14-10(3)16-12/h11,13H,4-9H2,1-3H3. The maximum Gasteiger partial charge on any atom is 0.276 e. The number of hydrogen-bond donors (Lipinski definition) is 1. The van der Waals surface area contributed by atoms with Crippen LogP contribution < -0.4 is 5.32 Å². The number of nitrogens with one attached hydrogen (secondary N) is 1. The van der Waals surface area contributed by atoms with Gasteiger partial charge in [0.2, 0.25) is 5.89 Å². The number of hydrogen-bond acceptors (Lipinski definition) is 5. The van der Waals surface area contributed by atoms with Crippen LogP contribution in [-0.2, 0) is 0 Å². The van der Waals surface area contributed by atoms with E-state index in [1.165, 1.54) is 25.7 Å². The van der Waals surface area contributed by atoms with Gasteiger partial charge in [0.1, 0.15) is 0 Å². The fourth-order valence-electron chi connectivity index (χ4n) is 1.62. The molecule has 0 spiro atoms. The number of aryl methyl sites for hydroxylation is 1. The molecule has 1 N–H and O–H groups in total. The quantitative estimate of drug-likeness (QED) is 0.544. The van der Waals surface area contributed by atoms with Crippen molar-refractivity contribution in [2.75, 3.05) is 12.3 Å². The Labute approximate surface area is 108 Å². The molecule has 98 valence electrons. The Morgan fingerprint density at radius 3 is 2.76 bits per heavy atom. The van der Waals surface area contributed by atoms with E-state index in [1.54, 1.807) is 11.8 Å². The van der Waals surface area contributed by atoms with E-state index in [2.05, 4.69) is 29.4 Å². The van der Waals surface area contributed by atoms with Crippen LogP contribution in [0.3, 0.4) is 0 Å². The van der Waals surface area contributed by atoms with Gasteiger partial charge in [-0.1, -0.05) is 25.6 Å². The SMILES string of the molecule is CCCNC(CC)CCCSc1nnc(C)o1. The second-order valence-corrected chi connectivity index (χ2v) is 5.18. The lowest BCUT2D eigenvalue weighted by molar-refractivity contribution is 0.428. The zero-order chi connectivity index (χ0) is 12.5. The van der Waals surface area contributed by atoms with E-state index in [-0.39, 0.29) is 0 Å². The minimum atomic E-state index is 0.642. The molecule has 0 aromatic carbocycles. The molecular formula is C12H23N3OS. The van der Waals surface area contributed by atoms with Gasteiger partial charge in [-0.05, 0) is 32.2 Å². The molecule has 4 nitrogen and oxygen atoms in total. The van der Waals surface area contributed by atoms with Crippen LogP contribution >= 0.6 is 11.8 Å². The van der Waals surface area contributed by atoms with Crippen LogP contribution in [0.4, 0.5) is 0 Å². The highest BCUT2D eigenvalue weighted by atomic mass is 32.2. The zero-order valence-corrected chi connectivity index (χ0v) is 11.8. The normalized spacial score (nSPS) is 12.9. The molecule has 0 aliphatic rings. The second kappa shape index (κ2) is 8.53. The van der Waals surface area contributed by atoms with Crippen LogP contribution in [0.25, 0.3) is 0 Å². The zero-order valence-electron chi connectivity index (χ0n) is 11.0. The van der Waals surface area contributed by atoms with Gasteiger partial charge < -0.3 is 9.73 Å². The van der Waals surface area contributed by atoms with E-state index >= 15 is 0 Å². The minimum absolute atomic E-state index is 0.642. The maximum atomic E-state index is 5.31. The fraction of sp³-hybridized carbons (Fsp3) is 0.833. The molecule has 0 fully saturated rings. The molecule has 1 aromatic rings. The van der Waals surface area contributed by atoms with Crippen molar-refractivity contribution in [3.8, 4) is 0 Å². The molecule has 5 heteroatoms. The van der Waals surface area contributed by atoms with Crippen LogP contribution in [0.5, 0.6) is 0 Å². The van der Waals surface area contributed by atoms with Crippen LogP contribution in [0, 0.1) is 6.92 Å². The highest BCUT2D eigenvalue weighted by Gasteiger charge is 2.06. The first-order chi connectivity index (χ1) is 8.26. The number of thioether (sulfide) groups is 1. The van der Waals surface area contributed by atoms with Crippen LogP contribution in [-0.4, -0.2) is 28.5 Å². The predicted octanol–water partition coefficient (Wildman–Crippen LogP) is 3.03. The molecule has 1 atom stereocenters. The highest BCUT2D eigenvalue weighted by Crippen LogP contribution is 2.17. The first kappa shape index (κ1) is 14.5. The van der Waals surface area contributed by atoms with Crippen molar-refractivity contribution in [1.82, 2.24) is 15.5 Å². The Bertz CT molecular complexity index is 304. The lowest BCUT2D eigenvalue weighted by atomic mass is 10.1. The number of rotatable bonds is 9. The molecule has 0 amide bonds. The fourth-order valence-corrected chi connectivity index (χ4v) is 2.39. The summed E-state index contributed by atoms with van der Waals surface area (Å²) in [5, 5.41) is 12.0. The second-order valence-electron chi connectivity index (χ2n) is 4.14. The van der Waals surface area contributed by atoms with Crippen LogP contribution in [0.1, 0.15) is 45.4 Å². The molecule has 0 aliphatic carbocycles. The molecule has 17 heavy (non-hydrogen) atoms. The summed E-state index contributed by atoms with van der Waals surface area (Å²) in [6.45, 7) is 7.38. The Morgan fingerprint density at radius 1 is 1.35 bits per heavy atom. The van der Waals surface area contributed by atoms with E-state index in [0.29, 0.717) is 17.2 Å². The summed E-state index contributed by atoms with van der Waals surface area (Å²) in [5.41, 5.74) is 0. The third kappa shape index (κ3) is 6.07. The smallest absolute Gasteiger partial charge is 0.276 e. The van der Waals surface area contributed by atoms with Crippen molar-refractivity contribution in [2.45, 2.75) is 57.7 Å². The molecule has 0 saturated carbocycles. The Balaban J connectivity index is 2.09. The molecule has 1 heterocycles. The Hall–Kier alpha value is -0.550. The van der Waals surface area contributed by atoms with Gasteiger partial charge in [0, 0.05) is 18.7 Å². The Morgan fingerprint density at radius 2 is 2.18 bits per heavy atom. The van der Waals surface area contributed by atoms with Crippen molar-refractivity contribution in [3.05, 3.63) is 5.89 Å². The van der Waals surface area contributed by atoms with E-state index in [0.717, 1.165) is 12.3 Å². The topological polar surface area (TPSA) is 51.0 Å². The van der Waals surface area contributed by atoms with Crippen LogP contribution in [0.2, 0.25) is 0 Å². The average molecular weight is 257 g/mol. The molecular weight excluding hydrogens is 234 g/mol. The summed E-state index contributed by atoms with van der Waals surface area (Å²) in [6.07, 6.45) is 4.80. The van der Waals surface area contributed by atoms with Crippen molar-refractivity contribution in [1.29, 1.82) is 0 Å². The summed E-state index contributed by atoms with van der Waals surface area (Å²) in [6, 6.07) is 0.653. The predicted molar refractivity (Wildman–Crippen MR) is 71.4 cm³/mol. The third-order valence-corrected chi connectivity index (χ3v) is 3.51. The molecule has 0 radical (unpaired) electrons. The molecule has 1 unspecified atom stereocenters. The Kier molecular flexibility index (Phi) is 7.28. The highest BCUT2D eigenvalue weighted by molar-refractivity contribution is 7.99. The van der Waals surface area contributed by atoms with E-state index in [1.807, 2.05) is 6.92 Å². The number of aromatic nitrogens is 2. The summed E-state index contributed by atoms with van der Waals surface area (Å²) >= 11 is 1.65. The largest absolute Gasteiger partial charge is 0.416 e. The van der Waals surface area contributed by atoms with Gasteiger partial charge in [-0.3, -0.25) is 0 Å². The summed E-state index contributed by atoms with van der Waals surface area (Å²) in [4.78, 5) is 0. The third-order valence-electron chi connectivity index (χ3n) is 2.61. The maximum absolute atomic E-state index is 5.31. The van der Waals surface area contributed by atoms with Gasteiger partial charge in [-0.15, -0.1) is 10.2 Å². The van der Waals surface area contributed by atoms with E-state index in [4.69, 9.17) is 4.42 Å². The van der Waals surface area contributed by atoms with E-state index < -0.39 is 0 Å². The lowest BCUT2D eigenvalue weighted by Crippen LogP contribution is -2.29. The van der Waals surface area contributed by atoms with Gasteiger partial charge in [0.15, 0.2) is 0 Å². The van der Waals surface area contributed by atoms with Crippen molar-refractivity contribution in [2.24, 2.45) is 0 Å². The first-order valence-electron chi connectivity index (χ1n) is 6.42. The van der Waals surface area contributed by atoms with Gasteiger partial charge >= 0.3 is 0 Å². The minimum Gasteiger partial charge on any atom is -0.416 e. The van der Waals surface area contributed by atoms with Crippen molar-refractivity contribution in [3.63, 3.8) is 0 Å². The molecule has 1 rings (SSSR count). The molecule has 0 saturated heterocycles. The van der Waals surface area contributed by atoms with Gasteiger partial charge in [0.25, 0.3) is 5.22 Å². The van der Waals surface area contributed by atoms with Gasteiger partial charge in [-0.25, -0.2) is 0 Å². The molecule has 0 aliphatic heterocycles. The molecule has 1 aromatic heterocycles. The number of nitrogens with zero attached hydrogens (tertiary/aromatic N) is 2. The first-order valence-corrected chi connectivity index (χ1v) is 7.41. The van der Waals surface area contributed by atoms with Crippen molar-refractivity contribution >= 4 is 11.8 Å². The summed E-state index contributed by atoms with van der Waals surface area (Å²) in [7, 11) is 0. The summed E-state index contributed by atoms with van der Waals surface area (Å²) in [5.74, 6) is 1.69. The van der Waals surface area contributed by atoms with Crippen LogP contribution in [0.15, 0.2) is 9.64 Å². The van der Waals surface area contributed by atoms with Gasteiger partial charge in [-0.2, -0.15) is 0 Å². The molecule has 0 bridgehead atoms. The van der Waals surface area contributed by atoms with Crippen molar-refractivity contribution < 1.29 is 4.42 Å². The summed E-state index contributed by atoms with van der Waals surface area (Å²) < 4.78 is 5.31.